The van der Waals surface area contributed by atoms with Crippen LogP contribution >= 0.6 is 23.2 Å². The number of rotatable bonds is 4. The molecule has 5 nitrogen and oxygen atoms in total. The van der Waals surface area contributed by atoms with Gasteiger partial charge in [0, 0.05) is 5.02 Å². The first-order chi connectivity index (χ1) is 9.88. The maximum atomic E-state index is 11.2. The predicted molar refractivity (Wildman–Crippen MR) is 80.1 cm³/mol. The molecule has 0 spiro atoms. The third kappa shape index (κ3) is 3.45. The summed E-state index contributed by atoms with van der Waals surface area (Å²) in [5, 5.41) is 21.7. The number of hydrogen-bond donors (Lipinski definition) is 3. The molecule has 108 valence electrons. The van der Waals surface area contributed by atoms with E-state index in [9.17, 15) is 9.59 Å². The van der Waals surface area contributed by atoms with Gasteiger partial charge in [0.1, 0.15) is 0 Å². The van der Waals surface area contributed by atoms with Crippen molar-refractivity contribution in [2.75, 3.05) is 5.32 Å². The van der Waals surface area contributed by atoms with E-state index in [-0.39, 0.29) is 16.8 Å². The van der Waals surface area contributed by atoms with E-state index in [1.165, 1.54) is 24.3 Å². The van der Waals surface area contributed by atoms with Gasteiger partial charge in [0.25, 0.3) is 0 Å². The van der Waals surface area contributed by atoms with Gasteiger partial charge >= 0.3 is 11.9 Å². The Morgan fingerprint density at radius 1 is 0.905 bits per heavy atom. The van der Waals surface area contributed by atoms with Gasteiger partial charge in [-0.05, 0) is 36.4 Å². The summed E-state index contributed by atoms with van der Waals surface area (Å²) in [6, 6.07) is 8.32. The van der Waals surface area contributed by atoms with E-state index in [1.807, 2.05) is 0 Å². The topological polar surface area (TPSA) is 86.6 Å². The van der Waals surface area contributed by atoms with Crippen LogP contribution in [-0.4, -0.2) is 22.2 Å². The van der Waals surface area contributed by atoms with Crippen LogP contribution in [0.4, 0.5) is 11.4 Å². The van der Waals surface area contributed by atoms with Crippen LogP contribution in [0.25, 0.3) is 0 Å². The number of halogens is 2. The Kier molecular flexibility index (Phi) is 4.35. The molecule has 2 aromatic rings. The average molecular weight is 326 g/mol. The molecule has 0 saturated heterocycles. The zero-order chi connectivity index (χ0) is 15.6. The Morgan fingerprint density at radius 2 is 1.62 bits per heavy atom. The summed E-state index contributed by atoms with van der Waals surface area (Å²) in [6.45, 7) is 0. The van der Waals surface area contributed by atoms with Crippen LogP contribution in [-0.2, 0) is 0 Å². The molecule has 21 heavy (non-hydrogen) atoms. The molecule has 0 amide bonds. The van der Waals surface area contributed by atoms with Crippen molar-refractivity contribution in [3.05, 3.63) is 57.6 Å². The smallest absolute Gasteiger partial charge is 0.337 e. The van der Waals surface area contributed by atoms with Crippen LogP contribution in [0.3, 0.4) is 0 Å². The van der Waals surface area contributed by atoms with Crippen molar-refractivity contribution >= 4 is 46.5 Å². The average Bonchev–Trinajstić information content (AvgIpc) is 2.41. The number of hydrogen-bond acceptors (Lipinski definition) is 3. The third-order valence-corrected chi connectivity index (χ3v) is 3.25. The van der Waals surface area contributed by atoms with Crippen LogP contribution in [0, 0.1) is 0 Å². The summed E-state index contributed by atoms with van der Waals surface area (Å²) in [5.74, 6) is -2.34. The van der Waals surface area contributed by atoms with Gasteiger partial charge in [-0.25, -0.2) is 9.59 Å². The van der Waals surface area contributed by atoms with Crippen molar-refractivity contribution in [2.45, 2.75) is 0 Å². The molecule has 0 aromatic heterocycles. The van der Waals surface area contributed by atoms with E-state index in [4.69, 9.17) is 33.4 Å². The summed E-state index contributed by atoms with van der Waals surface area (Å²) in [4.78, 5) is 22.2. The largest absolute Gasteiger partial charge is 0.478 e. The molecule has 2 aromatic carbocycles. The van der Waals surface area contributed by atoms with Crippen LogP contribution in [0.2, 0.25) is 10.0 Å². The van der Waals surface area contributed by atoms with Crippen molar-refractivity contribution in [2.24, 2.45) is 0 Å². The molecule has 3 N–H and O–H groups in total. The lowest BCUT2D eigenvalue weighted by Crippen LogP contribution is -2.06. The van der Waals surface area contributed by atoms with Crippen LogP contribution in [0.15, 0.2) is 36.4 Å². The SMILES string of the molecule is O=C(O)c1ccc(C(=O)O)c(Nc2ccc(Cl)cc2Cl)c1. The number of aromatic carboxylic acids is 2. The number of nitrogens with one attached hydrogen (secondary N) is 1. The Hall–Kier alpha value is -2.24. The normalized spacial score (nSPS) is 10.2. The van der Waals surface area contributed by atoms with Gasteiger partial charge in [-0.3, -0.25) is 0 Å². The minimum Gasteiger partial charge on any atom is -0.478 e. The fourth-order valence-electron chi connectivity index (χ4n) is 1.70. The molecule has 0 unspecified atom stereocenters. The first-order valence-electron chi connectivity index (χ1n) is 5.71. The highest BCUT2D eigenvalue weighted by Crippen LogP contribution is 2.30. The molecule has 2 rings (SSSR count). The second kappa shape index (κ2) is 6.03. The highest BCUT2D eigenvalue weighted by atomic mass is 35.5. The van der Waals surface area contributed by atoms with E-state index in [1.54, 1.807) is 12.1 Å². The van der Waals surface area contributed by atoms with Crippen molar-refractivity contribution in [3.63, 3.8) is 0 Å². The first-order valence-corrected chi connectivity index (χ1v) is 6.47. The fourth-order valence-corrected chi connectivity index (χ4v) is 2.16. The number of benzene rings is 2. The summed E-state index contributed by atoms with van der Waals surface area (Å²) in [6.07, 6.45) is 0. The molecule has 0 bridgehead atoms. The highest BCUT2D eigenvalue weighted by molar-refractivity contribution is 6.36. The highest BCUT2D eigenvalue weighted by Gasteiger charge is 2.14. The van der Waals surface area contributed by atoms with E-state index in [0.717, 1.165) is 0 Å². The summed E-state index contributed by atoms with van der Waals surface area (Å²) in [7, 11) is 0. The number of anilines is 2. The maximum Gasteiger partial charge on any atom is 0.337 e. The molecule has 0 fully saturated rings. The van der Waals surface area contributed by atoms with Gasteiger partial charge in [-0.15, -0.1) is 0 Å². The minimum absolute atomic E-state index is 0.0346. The summed E-state index contributed by atoms with van der Waals surface area (Å²) >= 11 is 11.8. The summed E-state index contributed by atoms with van der Waals surface area (Å²) < 4.78 is 0. The second-order valence-electron chi connectivity index (χ2n) is 4.12. The van der Waals surface area contributed by atoms with Gasteiger partial charge in [-0.1, -0.05) is 23.2 Å². The minimum atomic E-state index is -1.18. The van der Waals surface area contributed by atoms with Crippen molar-refractivity contribution in [1.29, 1.82) is 0 Å². The van der Waals surface area contributed by atoms with Gasteiger partial charge in [0.2, 0.25) is 0 Å². The molecule has 7 heteroatoms. The standard InChI is InChI=1S/C14H9Cl2NO4/c15-8-2-4-11(10(16)6-8)17-12-5-7(13(18)19)1-3-9(12)14(20)21/h1-6,17H,(H,18,19)(H,20,21). The molecule has 0 aliphatic rings. The van der Waals surface area contributed by atoms with Crippen molar-refractivity contribution < 1.29 is 19.8 Å². The lowest BCUT2D eigenvalue weighted by molar-refractivity contribution is 0.0682. The first kappa shape index (κ1) is 15.2. The summed E-state index contributed by atoms with van der Waals surface area (Å²) in [5.41, 5.74) is 0.455. The lowest BCUT2D eigenvalue weighted by Gasteiger charge is -2.12. The van der Waals surface area contributed by atoms with E-state index in [0.29, 0.717) is 15.7 Å². The molecule has 0 radical (unpaired) electrons. The van der Waals surface area contributed by atoms with E-state index >= 15 is 0 Å². The zero-order valence-electron chi connectivity index (χ0n) is 10.4. The van der Waals surface area contributed by atoms with E-state index < -0.39 is 11.9 Å². The van der Waals surface area contributed by atoms with Crippen LogP contribution in [0.1, 0.15) is 20.7 Å². The zero-order valence-corrected chi connectivity index (χ0v) is 11.9. The molecule has 0 heterocycles. The fraction of sp³-hybridized carbons (Fsp3) is 0. The molecule has 0 aliphatic carbocycles. The van der Waals surface area contributed by atoms with Gasteiger partial charge in [0.15, 0.2) is 0 Å². The number of carboxylic acids is 2. The molecule has 0 aliphatic heterocycles. The van der Waals surface area contributed by atoms with Crippen LogP contribution < -0.4 is 5.32 Å². The monoisotopic (exact) mass is 325 g/mol. The Morgan fingerprint density at radius 3 is 2.19 bits per heavy atom. The predicted octanol–water partition coefficient (Wildman–Crippen LogP) is 4.13. The van der Waals surface area contributed by atoms with Crippen molar-refractivity contribution in [1.82, 2.24) is 0 Å². The molecule has 0 saturated carbocycles. The maximum absolute atomic E-state index is 11.2. The Balaban J connectivity index is 2.48. The van der Waals surface area contributed by atoms with E-state index in [2.05, 4.69) is 5.32 Å². The quantitative estimate of drug-likeness (QED) is 0.786. The number of carbonyl (C=O) groups is 2. The molecular formula is C14H9Cl2NO4. The van der Waals surface area contributed by atoms with Gasteiger partial charge in [-0.2, -0.15) is 0 Å². The van der Waals surface area contributed by atoms with Crippen LogP contribution in [0.5, 0.6) is 0 Å². The molecule has 0 atom stereocenters. The Labute approximate surface area is 129 Å². The Bertz CT molecular complexity index is 731. The van der Waals surface area contributed by atoms with Gasteiger partial charge < -0.3 is 15.5 Å². The second-order valence-corrected chi connectivity index (χ2v) is 4.96. The third-order valence-electron chi connectivity index (χ3n) is 2.70. The van der Waals surface area contributed by atoms with Crippen molar-refractivity contribution in [3.8, 4) is 0 Å². The van der Waals surface area contributed by atoms with Gasteiger partial charge in [0.05, 0.1) is 27.5 Å². The lowest BCUT2D eigenvalue weighted by atomic mass is 10.1. The molecular weight excluding hydrogens is 317 g/mol. The number of carboxylic acid groups (broad SMARTS) is 2.